The second kappa shape index (κ2) is 10.5. The predicted molar refractivity (Wildman–Crippen MR) is 126 cm³/mol. The Morgan fingerprint density at radius 3 is 2.41 bits per heavy atom. The van der Waals surface area contributed by atoms with Crippen LogP contribution < -0.4 is 9.47 Å². The molecule has 0 amide bonds. The van der Waals surface area contributed by atoms with E-state index in [1.807, 2.05) is 30.3 Å². The van der Waals surface area contributed by atoms with Gasteiger partial charge in [0.15, 0.2) is 5.78 Å². The summed E-state index contributed by atoms with van der Waals surface area (Å²) in [7, 11) is 0. The van der Waals surface area contributed by atoms with Gasteiger partial charge < -0.3 is 14.2 Å². The van der Waals surface area contributed by atoms with Crippen LogP contribution in [0.2, 0.25) is 0 Å². The minimum Gasteiger partial charge on any atom is -0.490 e. The zero-order chi connectivity index (χ0) is 24.1. The number of carbonyl (C=O) groups is 3. The van der Waals surface area contributed by atoms with Crippen LogP contribution in [-0.2, 0) is 19.1 Å². The first-order valence-electron chi connectivity index (χ1n) is 11.4. The van der Waals surface area contributed by atoms with Crippen molar-refractivity contribution in [3.05, 3.63) is 71.4 Å². The molecule has 0 saturated carbocycles. The third-order valence-corrected chi connectivity index (χ3v) is 5.93. The molecule has 0 spiro atoms. The van der Waals surface area contributed by atoms with Crippen LogP contribution in [0.15, 0.2) is 70.9 Å². The Balaban J connectivity index is 1.56. The molecule has 176 valence electrons. The van der Waals surface area contributed by atoms with Crippen molar-refractivity contribution in [2.75, 3.05) is 13.2 Å². The number of carbonyl (C=O) groups excluding carboxylic acids is 3. The number of Topliss-reactive ketones (excluding diaryl/α,β-unsaturated/α-hetero) is 1. The lowest BCUT2D eigenvalue weighted by atomic mass is 9.72. The number of rotatable bonds is 7. The van der Waals surface area contributed by atoms with Crippen LogP contribution >= 0.6 is 0 Å². The van der Waals surface area contributed by atoms with Crippen LogP contribution in [0.25, 0.3) is 0 Å². The van der Waals surface area contributed by atoms with Crippen LogP contribution in [0.5, 0.6) is 11.5 Å². The maximum Gasteiger partial charge on any atom is 0.315 e. The molecule has 1 aliphatic carbocycles. The first-order valence-corrected chi connectivity index (χ1v) is 11.4. The van der Waals surface area contributed by atoms with Gasteiger partial charge in [0.1, 0.15) is 30.6 Å². The highest BCUT2D eigenvalue weighted by Gasteiger charge is 2.43. The van der Waals surface area contributed by atoms with E-state index >= 15 is 0 Å². The Kier molecular flexibility index (Phi) is 7.21. The number of aliphatic imine (C=N–C) groups is 1. The summed E-state index contributed by atoms with van der Waals surface area (Å²) in [6.45, 7) is 3.43. The highest BCUT2D eigenvalue weighted by Crippen LogP contribution is 2.43. The molecule has 1 unspecified atom stereocenters. The fourth-order valence-corrected chi connectivity index (χ4v) is 4.49. The third kappa shape index (κ3) is 5.25. The minimum atomic E-state index is -0.725. The molecule has 34 heavy (non-hydrogen) atoms. The van der Waals surface area contributed by atoms with Crippen LogP contribution in [-0.4, -0.2) is 36.6 Å². The van der Waals surface area contributed by atoms with Crippen LogP contribution in [0.4, 0.5) is 0 Å². The van der Waals surface area contributed by atoms with Crippen molar-refractivity contribution in [1.29, 1.82) is 0 Å². The van der Waals surface area contributed by atoms with Gasteiger partial charge in [0.25, 0.3) is 0 Å². The topological polar surface area (TPSA) is 91.3 Å². The standard InChI is InChI=1S/C27H27NO6/c1-17-24(27(31)33-16-15-32-20-7-4-3-5-8-20)25(26-22(28-17)9-6-10-23(26)30)19-11-13-21(14-12-19)34-18(2)29/h3-5,7-8,11-14,24-25H,6,9-10,15-16H2,1-2H3/t24?,25-/m0/s1. The molecule has 0 bridgehead atoms. The maximum absolute atomic E-state index is 13.2. The van der Waals surface area contributed by atoms with E-state index in [1.54, 1.807) is 31.2 Å². The van der Waals surface area contributed by atoms with Crippen molar-refractivity contribution in [3.63, 3.8) is 0 Å². The molecule has 1 heterocycles. The molecule has 0 N–H and O–H groups in total. The largest absolute Gasteiger partial charge is 0.490 e. The number of nitrogens with zero attached hydrogens (tertiary/aromatic N) is 1. The number of benzene rings is 2. The summed E-state index contributed by atoms with van der Waals surface area (Å²) in [5, 5.41) is 0. The van der Waals surface area contributed by atoms with Gasteiger partial charge in [-0.1, -0.05) is 30.3 Å². The van der Waals surface area contributed by atoms with E-state index < -0.39 is 23.8 Å². The lowest BCUT2D eigenvalue weighted by molar-refractivity contribution is -0.147. The fourth-order valence-electron chi connectivity index (χ4n) is 4.49. The van der Waals surface area contributed by atoms with Gasteiger partial charge in [-0.05, 0) is 49.6 Å². The van der Waals surface area contributed by atoms with Crippen LogP contribution in [0.1, 0.15) is 44.6 Å². The van der Waals surface area contributed by atoms with E-state index in [4.69, 9.17) is 14.2 Å². The average molecular weight is 462 g/mol. The molecule has 1 aliphatic heterocycles. The zero-order valence-corrected chi connectivity index (χ0v) is 19.3. The number of ether oxygens (including phenoxy) is 3. The molecule has 2 atom stereocenters. The molecule has 2 aromatic carbocycles. The zero-order valence-electron chi connectivity index (χ0n) is 19.3. The second-order valence-corrected chi connectivity index (χ2v) is 8.34. The Morgan fingerprint density at radius 1 is 0.971 bits per heavy atom. The fraction of sp³-hybridized carbons (Fsp3) is 0.333. The van der Waals surface area contributed by atoms with Gasteiger partial charge in [-0.25, -0.2) is 0 Å². The summed E-state index contributed by atoms with van der Waals surface area (Å²) in [5.41, 5.74) is 2.73. The summed E-state index contributed by atoms with van der Waals surface area (Å²) < 4.78 is 16.3. The van der Waals surface area contributed by atoms with Gasteiger partial charge in [0, 0.05) is 36.2 Å². The van der Waals surface area contributed by atoms with Crippen molar-refractivity contribution in [1.82, 2.24) is 0 Å². The van der Waals surface area contributed by atoms with Crippen LogP contribution in [0.3, 0.4) is 0 Å². The quantitative estimate of drug-likeness (QED) is 0.345. The predicted octanol–water partition coefficient (Wildman–Crippen LogP) is 4.42. The highest BCUT2D eigenvalue weighted by molar-refractivity contribution is 6.08. The van der Waals surface area contributed by atoms with Crippen molar-refractivity contribution >= 4 is 23.4 Å². The first-order chi connectivity index (χ1) is 16.4. The summed E-state index contributed by atoms with van der Waals surface area (Å²) in [5.74, 6) is -0.985. The van der Waals surface area contributed by atoms with Crippen LogP contribution in [0, 0.1) is 5.92 Å². The maximum atomic E-state index is 13.2. The second-order valence-electron chi connectivity index (χ2n) is 8.34. The molecular weight excluding hydrogens is 434 g/mol. The van der Waals surface area contributed by atoms with E-state index in [-0.39, 0.29) is 19.0 Å². The smallest absolute Gasteiger partial charge is 0.315 e. The summed E-state index contributed by atoms with van der Waals surface area (Å²) in [6.07, 6.45) is 1.88. The van der Waals surface area contributed by atoms with E-state index in [2.05, 4.69) is 4.99 Å². The molecule has 2 aromatic rings. The average Bonchev–Trinajstić information content (AvgIpc) is 2.82. The van der Waals surface area contributed by atoms with E-state index in [9.17, 15) is 14.4 Å². The first kappa shape index (κ1) is 23.4. The molecule has 4 rings (SSSR count). The Morgan fingerprint density at radius 2 is 1.71 bits per heavy atom. The lowest BCUT2D eigenvalue weighted by Gasteiger charge is -2.34. The van der Waals surface area contributed by atoms with Crippen molar-refractivity contribution in [2.45, 2.75) is 39.0 Å². The monoisotopic (exact) mass is 461 g/mol. The molecule has 7 nitrogen and oxygen atoms in total. The van der Waals surface area contributed by atoms with Gasteiger partial charge >= 0.3 is 11.9 Å². The third-order valence-electron chi connectivity index (χ3n) is 5.93. The summed E-state index contributed by atoms with van der Waals surface area (Å²) in [4.78, 5) is 42.1. The molecular formula is C27H27NO6. The SMILES string of the molecule is CC(=O)Oc1ccc([C@@H]2C3=C(CCCC3=O)N=C(C)C2C(=O)OCCOc2ccccc2)cc1. The van der Waals surface area contributed by atoms with E-state index in [0.29, 0.717) is 35.6 Å². The highest BCUT2D eigenvalue weighted by atomic mass is 16.6. The number of allylic oxidation sites excluding steroid dienone is 2. The number of ketones is 1. The van der Waals surface area contributed by atoms with Gasteiger partial charge in [0.05, 0.1) is 0 Å². The molecule has 0 saturated heterocycles. The van der Waals surface area contributed by atoms with Gasteiger partial charge in [-0.3, -0.25) is 19.4 Å². The number of hydrogen-bond acceptors (Lipinski definition) is 7. The van der Waals surface area contributed by atoms with E-state index in [1.165, 1.54) is 6.92 Å². The Hall–Kier alpha value is -3.74. The van der Waals surface area contributed by atoms with Gasteiger partial charge in [0.2, 0.25) is 0 Å². The van der Waals surface area contributed by atoms with Gasteiger partial charge in [-0.15, -0.1) is 0 Å². The van der Waals surface area contributed by atoms with E-state index in [0.717, 1.165) is 17.7 Å². The minimum absolute atomic E-state index is 0.0109. The molecule has 7 heteroatoms. The number of para-hydroxylation sites is 1. The van der Waals surface area contributed by atoms with Crippen molar-refractivity contribution in [3.8, 4) is 11.5 Å². The Labute approximate surface area is 198 Å². The molecule has 2 aliphatic rings. The molecule has 0 aromatic heterocycles. The van der Waals surface area contributed by atoms with Gasteiger partial charge in [-0.2, -0.15) is 0 Å². The van der Waals surface area contributed by atoms with Crippen molar-refractivity contribution < 1.29 is 28.6 Å². The molecule has 0 radical (unpaired) electrons. The Bertz CT molecular complexity index is 1130. The number of hydrogen-bond donors (Lipinski definition) is 0. The normalized spacial score (nSPS) is 19.7. The lowest BCUT2D eigenvalue weighted by Crippen LogP contribution is -2.37. The summed E-state index contributed by atoms with van der Waals surface area (Å²) in [6, 6.07) is 16.2. The van der Waals surface area contributed by atoms with Crippen molar-refractivity contribution in [2.24, 2.45) is 10.9 Å². The molecule has 0 fully saturated rings. The summed E-state index contributed by atoms with van der Waals surface area (Å²) >= 11 is 0. The number of esters is 2.